The number of aromatic nitrogens is 1. The van der Waals surface area contributed by atoms with E-state index in [-0.39, 0.29) is 18.2 Å². The number of ether oxygens (including phenoxy) is 1. The Hall–Kier alpha value is -4.02. The molecule has 3 N–H and O–H groups in total. The Morgan fingerprint density at radius 2 is 1.88 bits per heavy atom. The summed E-state index contributed by atoms with van der Waals surface area (Å²) in [6.07, 6.45) is 1.89. The molecule has 1 amide bonds. The summed E-state index contributed by atoms with van der Waals surface area (Å²) in [5.41, 5.74) is 5.41. The lowest BCUT2D eigenvalue weighted by molar-refractivity contribution is 0.0851. The van der Waals surface area contributed by atoms with Crippen molar-refractivity contribution in [3.05, 3.63) is 89.1 Å². The second kappa shape index (κ2) is 12.1. The Labute approximate surface area is 247 Å². The molecule has 1 aliphatic heterocycles. The predicted molar refractivity (Wildman–Crippen MR) is 167 cm³/mol. The van der Waals surface area contributed by atoms with Crippen LogP contribution in [0.3, 0.4) is 0 Å². The van der Waals surface area contributed by atoms with Crippen molar-refractivity contribution in [2.75, 3.05) is 36.1 Å². The maximum Gasteiger partial charge on any atom is 0.251 e. The Kier molecular flexibility index (Phi) is 8.47. The highest BCUT2D eigenvalue weighted by atomic mass is 32.2. The van der Waals surface area contributed by atoms with Gasteiger partial charge in [0.05, 0.1) is 36.2 Å². The quantitative estimate of drug-likeness (QED) is 0.256. The number of amides is 1. The van der Waals surface area contributed by atoms with Crippen molar-refractivity contribution < 1.29 is 23.1 Å². The van der Waals surface area contributed by atoms with Gasteiger partial charge in [-0.2, -0.15) is 0 Å². The number of nitrogens with zero attached hydrogens (tertiary/aromatic N) is 2. The molecule has 0 radical (unpaired) electrons. The standard InChI is InChI=1S/C32H38N4O5S/c1-5-36-20-23-13-14-42(39,40)35(3)28-17-24(18-29(36)31(23)28)32(38)34-27(16-22-9-7-6-8-10-22)30(37)19-33-26-12-11-25(41-4)15-21(26)2/h6-12,15,17-18,20,27,30,33,37H,5,13-14,16,19H2,1-4H3,(H,34,38)/t27-,30+/m0/s1. The first-order valence-electron chi connectivity index (χ1n) is 14.1. The Bertz CT molecular complexity index is 1700. The number of aryl methyl sites for hydroxylation is 3. The molecule has 0 spiro atoms. The number of benzene rings is 3. The number of nitrogens with one attached hydrogen (secondary N) is 2. The normalized spacial score (nSPS) is 15.6. The predicted octanol–water partition coefficient (Wildman–Crippen LogP) is 4.11. The fourth-order valence-electron chi connectivity index (χ4n) is 5.57. The molecule has 1 aromatic heterocycles. The lowest BCUT2D eigenvalue weighted by Crippen LogP contribution is -2.47. The third-order valence-corrected chi connectivity index (χ3v) is 9.79. The van der Waals surface area contributed by atoms with Crippen molar-refractivity contribution in [1.29, 1.82) is 0 Å². The molecule has 2 heterocycles. The molecule has 1 aliphatic rings. The fourth-order valence-corrected chi connectivity index (χ4v) is 6.76. The molecule has 9 nitrogen and oxygen atoms in total. The zero-order valence-corrected chi connectivity index (χ0v) is 25.2. The maximum atomic E-state index is 13.8. The van der Waals surface area contributed by atoms with Gasteiger partial charge in [0.2, 0.25) is 10.0 Å². The summed E-state index contributed by atoms with van der Waals surface area (Å²) in [5, 5.41) is 18.6. The van der Waals surface area contributed by atoms with E-state index in [2.05, 4.69) is 10.6 Å². The highest BCUT2D eigenvalue weighted by molar-refractivity contribution is 7.92. The molecule has 0 saturated carbocycles. The fraction of sp³-hybridized carbons (Fsp3) is 0.344. The lowest BCUT2D eigenvalue weighted by Gasteiger charge is -2.26. The Morgan fingerprint density at radius 1 is 1.12 bits per heavy atom. The van der Waals surface area contributed by atoms with Gasteiger partial charge in [-0.1, -0.05) is 30.3 Å². The smallest absolute Gasteiger partial charge is 0.251 e. The molecule has 3 aromatic carbocycles. The monoisotopic (exact) mass is 590 g/mol. The van der Waals surface area contributed by atoms with Gasteiger partial charge in [-0.25, -0.2) is 8.42 Å². The number of hydrogen-bond donors (Lipinski definition) is 3. The van der Waals surface area contributed by atoms with Gasteiger partial charge in [-0.15, -0.1) is 0 Å². The number of sulfonamides is 1. The maximum absolute atomic E-state index is 13.8. The second-order valence-electron chi connectivity index (χ2n) is 10.8. The van der Waals surface area contributed by atoms with Crippen LogP contribution in [0.25, 0.3) is 10.9 Å². The molecule has 42 heavy (non-hydrogen) atoms. The summed E-state index contributed by atoms with van der Waals surface area (Å²) in [6, 6.07) is 18.2. The third kappa shape index (κ3) is 5.96. The third-order valence-electron chi connectivity index (χ3n) is 8.04. The van der Waals surface area contributed by atoms with Crippen molar-refractivity contribution in [3.8, 4) is 5.75 Å². The molecule has 222 valence electrons. The summed E-state index contributed by atoms with van der Waals surface area (Å²) >= 11 is 0. The van der Waals surface area contributed by atoms with Gasteiger partial charge in [-0.05, 0) is 73.7 Å². The first-order valence-corrected chi connectivity index (χ1v) is 15.8. The summed E-state index contributed by atoms with van der Waals surface area (Å²) in [4.78, 5) is 13.8. The van der Waals surface area contributed by atoms with Crippen LogP contribution in [0.5, 0.6) is 5.75 Å². The number of carbonyl (C=O) groups excluding carboxylic acids is 1. The van der Waals surface area contributed by atoms with E-state index in [1.165, 1.54) is 4.31 Å². The molecular weight excluding hydrogens is 552 g/mol. The van der Waals surface area contributed by atoms with Crippen LogP contribution < -0.4 is 19.7 Å². The Morgan fingerprint density at radius 3 is 2.57 bits per heavy atom. The van der Waals surface area contributed by atoms with E-state index >= 15 is 0 Å². The number of anilines is 2. The highest BCUT2D eigenvalue weighted by Crippen LogP contribution is 2.37. The van der Waals surface area contributed by atoms with Gasteiger partial charge in [0, 0.05) is 43.0 Å². The van der Waals surface area contributed by atoms with Crippen LogP contribution >= 0.6 is 0 Å². The van der Waals surface area contributed by atoms with E-state index in [1.54, 1.807) is 20.2 Å². The van der Waals surface area contributed by atoms with Crippen LogP contribution in [-0.2, 0) is 29.4 Å². The minimum atomic E-state index is -3.53. The van der Waals surface area contributed by atoms with Crippen molar-refractivity contribution in [2.45, 2.75) is 45.4 Å². The highest BCUT2D eigenvalue weighted by Gasteiger charge is 2.29. The van der Waals surface area contributed by atoms with Crippen molar-refractivity contribution in [3.63, 3.8) is 0 Å². The summed E-state index contributed by atoms with van der Waals surface area (Å²) in [7, 11) is -0.369. The van der Waals surface area contributed by atoms with Gasteiger partial charge >= 0.3 is 0 Å². The van der Waals surface area contributed by atoms with E-state index in [0.29, 0.717) is 30.6 Å². The minimum absolute atomic E-state index is 0.00848. The van der Waals surface area contributed by atoms with Crippen molar-refractivity contribution >= 4 is 38.2 Å². The molecule has 4 aromatic rings. The number of rotatable bonds is 10. The van der Waals surface area contributed by atoms with Crippen LogP contribution in [0.1, 0.15) is 34.0 Å². The lowest BCUT2D eigenvalue weighted by atomic mass is 9.99. The summed E-state index contributed by atoms with van der Waals surface area (Å²) in [6.45, 7) is 4.87. The molecule has 0 bridgehead atoms. The average Bonchev–Trinajstić information content (AvgIpc) is 3.32. The van der Waals surface area contributed by atoms with Gasteiger partial charge in [0.25, 0.3) is 5.91 Å². The van der Waals surface area contributed by atoms with E-state index in [1.807, 2.05) is 79.2 Å². The van der Waals surface area contributed by atoms with Crippen molar-refractivity contribution in [2.24, 2.45) is 0 Å². The molecule has 0 aliphatic carbocycles. The van der Waals surface area contributed by atoms with E-state index < -0.39 is 22.2 Å². The van der Waals surface area contributed by atoms with Crippen LogP contribution in [0, 0.1) is 6.92 Å². The SMILES string of the molecule is CCn1cc2c3c(cc(C(=O)N[C@@H](Cc4ccccc4)[C@H](O)CNc4ccc(OC)cc4C)cc31)N(C)S(=O)(=O)CC2. The van der Waals surface area contributed by atoms with Gasteiger partial charge in [0.15, 0.2) is 0 Å². The molecule has 10 heteroatoms. The van der Waals surface area contributed by atoms with Crippen LogP contribution in [0.2, 0.25) is 0 Å². The van der Waals surface area contributed by atoms with Gasteiger partial charge < -0.3 is 25.0 Å². The zero-order chi connectivity index (χ0) is 30.0. The molecule has 2 atom stereocenters. The van der Waals surface area contributed by atoms with E-state index in [9.17, 15) is 18.3 Å². The molecule has 5 rings (SSSR count). The molecule has 0 fully saturated rings. The van der Waals surface area contributed by atoms with Crippen LogP contribution in [-0.4, -0.2) is 62.6 Å². The van der Waals surface area contributed by atoms with E-state index in [4.69, 9.17) is 4.74 Å². The zero-order valence-electron chi connectivity index (χ0n) is 24.4. The molecule has 0 saturated heterocycles. The number of aliphatic hydroxyl groups is 1. The van der Waals surface area contributed by atoms with Crippen LogP contribution in [0.15, 0.2) is 66.9 Å². The number of carbonyl (C=O) groups is 1. The minimum Gasteiger partial charge on any atom is -0.497 e. The van der Waals surface area contributed by atoms with Gasteiger partial charge in [0.1, 0.15) is 5.75 Å². The largest absolute Gasteiger partial charge is 0.497 e. The first kappa shape index (κ1) is 29.5. The number of hydrogen-bond acceptors (Lipinski definition) is 6. The summed E-state index contributed by atoms with van der Waals surface area (Å²) in [5.74, 6) is 0.377. The number of aliphatic hydroxyl groups excluding tert-OH is 1. The molecular formula is C32H38N4O5S. The number of methoxy groups -OCH3 is 1. The van der Waals surface area contributed by atoms with E-state index in [0.717, 1.165) is 39.0 Å². The molecule has 0 unspecified atom stereocenters. The topological polar surface area (TPSA) is 113 Å². The van der Waals surface area contributed by atoms with Gasteiger partial charge in [-0.3, -0.25) is 9.10 Å². The summed E-state index contributed by atoms with van der Waals surface area (Å²) < 4.78 is 34.5. The van der Waals surface area contributed by atoms with Crippen LogP contribution in [0.4, 0.5) is 11.4 Å². The second-order valence-corrected chi connectivity index (χ2v) is 12.9. The Balaban J connectivity index is 1.44. The van der Waals surface area contributed by atoms with Crippen molar-refractivity contribution in [1.82, 2.24) is 9.88 Å². The average molecular weight is 591 g/mol. The first-order chi connectivity index (χ1) is 20.1.